The van der Waals surface area contributed by atoms with Gasteiger partial charge in [0.25, 0.3) is 0 Å². The smallest absolute Gasteiger partial charge is 0.233 e. The third-order valence-electron chi connectivity index (χ3n) is 6.54. The third kappa shape index (κ3) is 3.53. The number of carbonyl (C=O) groups is 1. The summed E-state index contributed by atoms with van der Waals surface area (Å²) in [5.74, 6) is 0.285. The van der Waals surface area contributed by atoms with Gasteiger partial charge in [-0.1, -0.05) is 67.1 Å². The van der Waals surface area contributed by atoms with Crippen LogP contribution < -0.4 is 0 Å². The Bertz CT molecular complexity index is 748. The monoisotopic (exact) mass is 362 g/mol. The molecule has 2 aliphatic rings. The topological polar surface area (TPSA) is 23.6 Å². The van der Waals surface area contributed by atoms with E-state index in [9.17, 15) is 4.79 Å². The van der Waals surface area contributed by atoms with Gasteiger partial charge in [-0.2, -0.15) is 0 Å². The minimum atomic E-state index is -0.325. The van der Waals surface area contributed by atoms with Crippen molar-refractivity contribution in [1.82, 2.24) is 9.80 Å². The van der Waals surface area contributed by atoms with Gasteiger partial charge in [0.1, 0.15) is 0 Å². The lowest BCUT2D eigenvalue weighted by molar-refractivity contribution is -0.142. The van der Waals surface area contributed by atoms with Gasteiger partial charge in [0.15, 0.2) is 0 Å². The predicted octanol–water partition coefficient (Wildman–Crippen LogP) is 4.40. The zero-order valence-electron chi connectivity index (χ0n) is 16.3. The normalized spacial score (nSPS) is 20.0. The fourth-order valence-electron chi connectivity index (χ4n) is 4.73. The average molecular weight is 363 g/mol. The van der Waals surface area contributed by atoms with E-state index in [2.05, 4.69) is 59.5 Å². The summed E-state index contributed by atoms with van der Waals surface area (Å²) in [6.07, 6.45) is 5.60. The Morgan fingerprint density at radius 3 is 2.11 bits per heavy atom. The highest BCUT2D eigenvalue weighted by molar-refractivity contribution is 5.89. The molecule has 0 unspecified atom stereocenters. The maximum Gasteiger partial charge on any atom is 0.233 e. The SMILES string of the molecule is CN(C(=O)C1(c2ccccc2)CCC1)[C@H](CN1CCCC1)c1ccccc1. The molecular weight excluding hydrogens is 332 g/mol. The lowest BCUT2D eigenvalue weighted by Crippen LogP contribution is -2.52. The predicted molar refractivity (Wildman–Crippen MR) is 110 cm³/mol. The van der Waals surface area contributed by atoms with Crippen LogP contribution in [0.5, 0.6) is 0 Å². The van der Waals surface area contributed by atoms with Gasteiger partial charge in [-0.15, -0.1) is 0 Å². The molecule has 3 heteroatoms. The fraction of sp³-hybridized carbons (Fsp3) is 0.458. The number of rotatable bonds is 6. The first-order chi connectivity index (χ1) is 13.2. The van der Waals surface area contributed by atoms with Crippen molar-refractivity contribution in [2.75, 3.05) is 26.7 Å². The average Bonchev–Trinajstić information content (AvgIpc) is 3.19. The summed E-state index contributed by atoms with van der Waals surface area (Å²) in [6.45, 7) is 3.22. The summed E-state index contributed by atoms with van der Waals surface area (Å²) >= 11 is 0. The number of hydrogen-bond donors (Lipinski definition) is 0. The quantitative estimate of drug-likeness (QED) is 0.760. The highest BCUT2D eigenvalue weighted by Gasteiger charge is 2.48. The van der Waals surface area contributed by atoms with Crippen molar-refractivity contribution in [3.05, 3.63) is 71.8 Å². The molecule has 2 fully saturated rings. The van der Waals surface area contributed by atoms with Crippen molar-refractivity contribution >= 4 is 5.91 Å². The van der Waals surface area contributed by atoms with Crippen molar-refractivity contribution in [1.29, 1.82) is 0 Å². The van der Waals surface area contributed by atoms with Crippen LogP contribution >= 0.6 is 0 Å². The molecule has 1 aliphatic heterocycles. The van der Waals surface area contributed by atoms with Crippen LogP contribution in [0.1, 0.15) is 49.3 Å². The largest absolute Gasteiger partial charge is 0.337 e. The lowest BCUT2D eigenvalue weighted by Gasteiger charge is -2.45. The molecule has 1 aliphatic carbocycles. The van der Waals surface area contributed by atoms with E-state index in [0.717, 1.165) is 38.9 Å². The molecule has 27 heavy (non-hydrogen) atoms. The van der Waals surface area contributed by atoms with Crippen LogP contribution in [0.15, 0.2) is 60.7 Å². The molecule has 3 nitrogen and oxygen atoms in total. The Labute approximate surface area is 163 Å². The Balaban J connectivity index is 1.62. The van der Waals surface area contributed by atoms with Crippen LogP contribution in [-0.2, 0) is 10.2 Å². The van der Waals surface area contributed by atoms with Gasteiger partial charge >= 0.3 is 0 Å². The zero-order chi connectivity index (χ0) is 18.7. The lowest BCUT2D eigenvalue weighted by atomic mass is 9.63. The Hall–Kier alpha value is -2.13. The van der Waals surface area contributed by atoms with Gasteiger partial charge < -0.3 is 9.80 Å². The maximum atomic E-state index is 13.7. The molecule has 1 amide bonds. The summed E-state index contributed by atoms with van der Waals surface area (Å²) in [5, 5.41) is 0. The standard InChI is InChI=1S/C24H30N2O/c1-25(23(27)24(15-10-16-24)21-13-6-3-7-14-21)22(19-26-17-8-9-18-26)20-11-4-2-5-12-20/h2-7,11-14,22H,8-10,15-19H2,1H3/t22-/m1/s1. The molecule has 142 valence electrons. The van der Waals surface area contributed by atoms with Crippen LogP contribution in [0.25, 0.3) is 0 Å². The first-order valence-corrected chi connectivity index (χ1v) is 10.3. The van der Waals surface area contributed by atoms with Crippen LogP contribution in [-0.4, -0.2) is 42.4 Å². The Kier molecular flexibility index (Phi) is 5.31. The molecule has 2 aromatic carbocycles. The van der Waals surface area contributed by atoms with Crippen molar-refractivity contribution in [2.45, 2.75) is 43.6 Å². The van der Waals surface area contributed by atoms with E-state index in [1.807, 2.05) is 18.0 Å². The Morgan fingerprint density at radius 1 is 0.963 bits per heavy atom. The highest BCUT2D eigenvalue weighted by Crippen LogP contribution is 2.46. The molecule has 1 heterocycles. The van der Waals surface area contributed by atoms with Gasteiger partial charge in [0, 0.05) is 13.6 Å². The summed E-state index contributed by atoms with van der Waals surface area (Å²) in [7, 11) is 2.01. The summed E-state index contributed by atoms with van der Waals surface area (Å²) in [5.41, 5.74) is 2.09. The van der Waals surface area contributed by atoms with Crippen molar-refractivity contribution in [3.63, 3.8) is 0 Å². The van der Waals surface area contributed by atoms with E-state index in [-0.39, 0.29) is 17.4 Å². The number of likely N-dealkylation sites (tertiary alicyclic amines) is 1. The molecule has 0 spiro atoms. The van der Waals surface area contributed by atoms with E-state index in [1.54, 1.807) is 0 Å². The van der Waals surface area contributed by atoms with E-state index < -0.39 is 0 Å². The second kappa shape index (κ2) is 7.85. The minimum absolute atomic E-state index is 0.109. The molecule has 1 atom stereocenters. The molecule has 0 bridgehead atoms. The molecule has 2 aromatic rings. The third-order valence-corrected chi connectivity index (χ3v) is 6.54. The summed E-state index contributed by atoms with van der Waals surface area (Å²) in [6, 6.07) is 21.1. The van der Waals surface area contributed by atoms with Crippen molar-refractivity contribution in [2.24, 2.45) is 0 Å². The van der Waals surface area contributed by atoms with Gasteiger partial charge in [-0.25, -0.2) is 0 Å². The molecular formula is C24H30N2O. The number of nitrogens with zero attached hydrogens (tertiary/aromatic N) is 2. The summed E-state index contributed by atoms with van der Waals surface area (Å²) < 4.78 is 0. The maximum absolute atomic E-state index is 13.7. The minimum Gasteiger partial charge on any atom is -0.337 e. The molecule has 0 N–H and O–H groups in total. The zero-order valence-corrected chi connectivity index (χ0v) is 16.3. The summed E-state index contributed by atoms with van der Waals surface area (Å²) in [4.78, 5) is 18.3. The molecule has 1 saturated heterocycles. The fourth-order valence-corrected chi connectivity index (χ4v) is 4.73. The van der Waals surface area contributed by atoms with Gasteiger partial charge in [0.2, 0.25) is 5.91 Å². The first kappa shape index (κ1) is 18.2. The van der Waals surface area contributed by atoms with Crippen LogP contribution in [0.3, 0.4) is 0 Å². The van der Waals surface area contributed by atoms with E-state index in [4.69, 9.17) is 0 Å². The van der Waals surface area contributed by atoms with E-state index >= 15 is 0 Å². The molecule has 0 radical (unpaired) electrons. The first-order valence-electron chi connectivity index (χ1n) is 10.3. The van der Waals surface area contributed by atoms with E-state index in [0.29, 0.717) is 0 Å². The molecule has 0 aromatic heterocycles. The van der Waals surface area contributed by atoms with Crippen LogP contribution in [0.4, 0.5) is 0 Å². The van der Waals surface area contributed by atoms with E-state index in [1.165, 1.54) is 24.0 Å². The second-order valence-corrected chi connectivity index (χ2v) is 8.15. The molecule has 1 saturated carbocycles. The highest BCUT2D eigenvalue weighted by atomic mass is 16.2. The van der Waals surface area contributed by atoms with Crippen molar-refractivity contribution < 1.29 is 4.79 Å². The Morgan fingerprint density at radius 2 is 1.56 bits per heavy atom. The van der Waals surface area contributed by atoms with Crippen molar-refractivity contribution in [3.8, 4) is 0 Å². The number of likely N-dealkylation sites (N-methyl/N-ethyl adjacent to an activating group) is 1. The second-order valence-electron chi connectivity index (χ2n) is 8.15. The number of carbonyl (C=O) groups excluding carboxylic acids is 1. The van der Waals surface area contributed by atoms with Crippen LogP contribution in [0, 0.1) is 0 Å². The van der Waals surface area contributed by atoms with Gasteiger partial charge in [-0.3, -0.25) is 4.79 Å². The number of amides is 1. The molecule has 4 rings (SSSR count). The number of hydrogen-bond acceptors (Lipinski definition) is 2. The number of benzene rings is 2. The van der Waals surface area contributed by atoms with Crippen LogP contribution in [0.2, 0.25) is 0 Å². The van der Waals surface area contributed by atoms with Gasteiger partial charge in [-0.05, 0) is 49.9 Å². The van der Waals surface area contributed by atoms with Gasteiger partial charge in [0.05, 0.1) is 11.5 Å².